The summed E-state index contributed by atoms with van der Waals surface area (Å²) < 4.78 is 26.5. The number of halogens is 3. The molecule has 3 rings (SSSR count). The lowest BCUT2D eigenvalue weighted by molar-refractivity contribution is 0.0824. The minimum absolute atomic E-state index is 0. The smallest absolute Gasteiger partial charge is 0.191 e. The van der Waals surface area contributed by atoms with Crippen molar-refractivity contribution in [2.24, 2.45) is 4.99 Å². The minimum atomic E-state index is -0.795. The highest BCUT2D eigenvalue weighted by Gasteiger charge is 2.20. The predicted molar refractivity (Wildman–Crippen MR) is 135 cm³/mol. The van der Waals surface area contributed by atoms with Gasteiger partial charge in [-0.15, -0.1) is 24.0 Å². The van der Waals surface area contributed by atoms with Crippen LogP contribution in [0.25, 0.3) is 0 Å². The van der Waals surface area contributed by atoms with Gasteiger partial charge in [0.2, 0.25) is 0 Å². The van der Waals surface area contributed by atoms with Crippen LogP contribution in [-0.2, 0) is 6.54 Å². The van der Waals surface area contributed by atoms with E-state index in [4.69, 9.17) is 4.99 Å². The number of nitrogens with zero attached hydrogens (tertiary/aromatic N) is 3. The number of guanidine groups is 1. The van der Waals surface area contributed by atoms with Crippen LogP contribution in [0.4, 0.5) is 8.78 Å². The van der Waals surface area contributed by atoms with Crippen LogP contribution in [0.3, 0.4) is 0 Å². The van der Waals surface area contributed by atoms with Gasteiger partial charge in [0.05, 0.1) is 6.10 Å². The molecule has 0 aliphatic carbocycles. The van der Waals surface area contributed by atoms with E-state index in [2.05, 4.69) is 27.4 Å². The molecular weight excluding hydrogens is 527 g/mol. The van der Waals surface area contributed by atoms with E-state index in [9.17, 15) is 13.9 Å². The van der Waals surface area contributed by atoms with Gasteiger partial charge in [-0.05, 0) is 63.3 Å². The Labute approximate surface area is 207 Å². The van der Waals surface area contributed by atoms with Crippen LogP contribution in [0.15, 0.2) is 23.2 Å². The van der Waals surface area contributed by atoms with Gasteiger partial charge in [-0.3, -0.25) is 9.89 Å². The molecule has 1 aromatic rings. The predicted octanol–water partition coefficient (Wildman–Crippen LogP) is 2.95. The first-order valence-electron chi connectivity index (χ1n) is 11.6. The fourth-order valence-corrected chi connectivity index (χ4v) is 4.27. The van der Waals surface area contributed by atoms with Gasteiger partial charge >= 0.3 is 0 Å². The highest BCUT2D eigenvalue weighted by atomic mass is 127. The molecule has 2 aliphatic heterocycles. The molecular formula is C23H38F2IN5O. The van der Waals surface area contributed by atoms with E-state index in [1.165, 1.54) is 12.1 Å². The van der Waals surface area contributed by atoms with Crippen molar-refractivity contribution in [3.05, 3.63) is 35.4 Å². The second-order valence-corrected chi connectivity index (χ2v) is 8.63. The van der Waals surface area contributed by atoms with Gasteiger partial charge in [0.1, 0.15) is 0 Å². The molecule has 0 radical (unpaired) electrons. The molecule has 0 unspecified atom stereocenters. The van der Waals surface area contributed by atoms with Crippen molar-refractivity contribution in [2.75, 3.05) is 45.8 Å². The molecule has 182 valence electrons. The third-order valence-corrected chi connectivity index (χ3v) is 6.12. The van der Waals surface area contributed by atoms with Gasteiger partial charge in [0, 0.05) is 51.9 Å². The Morgan fingerprint density at radius 3 is 2.41 bits per heavy atom. The summed E-state index contributed by atoms with van der Waals surface area (Å²) in [7, 11) is 0. The molecule has 2 fully saturated rings. The van der Waals surface area contributed by atoms with Crippen LogP contribution in [-0.4, -0.2) is 78.8 Å². The Bertz CT molecular complexity index is 708. The summed E-state index contributed by atoms with van der Waals surface area (Å²) in [5.41, 5.74) is 0.809. The maximum absolute atomic E-state index is 13.4. The Balaban J connectivity index is 0.00000363. The zero-order valence-corrected chi connectivity index (χ0v) is 21.4. The highest BCUT2D eigenvalue weighted by molar-refractivity contribution is 14.0. The highest BCUT2D eigenvalue weighted by Crippen LogP contribution is 2.16. The number of hydrogen-bond donors (Lipinski definition) is 3. The summed E-state index contributed by atoms with van der Waals surface area (Å²) in [6.45, 7) is 9.13. The second kappa shape index (κ2) is 14.3. The molecule has 2 heterocycles. The number of aliphatic imine (C=N–C) groups is 1. The lowest BCUT2D eigenvalue weighted by Crippen LogP contribution is -2.48. The van der Waals surface area contributed by atoms with Crippen molar-refractivity contribution in [1.82, 2.24) is 20.4 Å². The number of rotatable bonds is 8. The molecule has 0 aromatic heterocycles. The standard InChI is InChI=1S/C23H37F2N5O.HI/c1-2-26-23(27-10-3-11-29-14-8-20(31)9-15-29)28-19-6-12-30(13-7-19)17-18-4-5-21(24)22(25)16-18;/h4-5,16,19-20,31H,2-3,6-15,17H2,1H3,(H2,26,27,28);1H. The molecule has 32 heavy (non-hydrogen) atoms. The molecule has 3 N–H and O–H groups in total. The maximum Gasteiger partial charge on any atom is 0.191 e. The van der Waals surface area contributed by atoms with Crippen molar-refractivity contribution >= 4 is 29.9 Å². The Morgan fingerprint density at radius 2 is 1.75 bits per heavy atom. The van der Waals surface area contributed by atoms with Gasteiger partial charge < -0.3 is 20.6 Å². The summed E-state index contributed by atoms with van der Waals surface area (Å²) in [5, 5.41) is 16.5. The van der Waals surface area contributed by atoms with E-state index in [-0.39, 0.29) is 30.1 Å². The molecule has 0 amide bonds. The van der Waals surface area contributed by atoms with Crippen LogP contribution >= 0.6 is 24.0 Å². The van der Waals surface area contributed by atoms with Crippen molar-refractivity contribution in [3.8, 4) is 0 Å². The normalized spacial score (nSPS) is 19.6. The van der Waals surface area contributed by atoms with Crippen molar-refractivity contribution in [3.63, 3.8) is 0 Å². The summed E-state index contributed by atoms with van der Waals surface area (Å²) in [5.74, 6) is -0.703. The van der Waals surface area contributed by atoms with Crippen molar-refractivity contribution in [2.45, 2.75) is 57.7 Å². The third-order valence-electron chi connectivity index (χ3n) is 6.12. The average Bonchev–Trinajstić information content (AvgIpc) is 2.76. The molecule has 0 bridgehead atoms. The SMILES string of the molecule is CCNC(=NCCCN1CCC(O)CC1)NC1CCN(Cc2ccc(F)c(F)c2)CC1.I. The molecule has 6 nitrogen and oxygen atoms in total. The molecule has 2 aliphatic rings. The van der Waals surface area contributed by atoms with Gasteiger partial charge in [-0.1, -0.05) is 6.07 Å². The summed E-state index contributed by atoms with van der Waals surface area (Å²) in [4.78, 5) is 9.43. The average molecular weight is 565 g/mol. The molecule has 0 spiro atoms. The lowest BCUT2D eigenvalue weighted by atomic mass is 10.0. The number of aliphatic hydroxyl groups is 1. The number of benzene rings is 1. The van der Waals surface area contributed by atoms with E-state index in [0.717, 1.165) is 89.4 Å². The molecule has 1 aromatic carbocycles. The third kappa shape index (κ3) is 9.07. The summed E-state index contributed by atoms with van der Waals surface area (Å²) >= 11 is 0. The molecule has 2 saturated heterocycles. The minimum Gasteiger partial charge on any atom is -0.393 e. The quantitative estimate of drug-likeness (QED) is 0.196. The van der Waals surface area contributed by atoms with E-state index in [1.54, 1.807) is 6.07 Å². The van der Waals surface area contributed by atoms with Crippen LogP contribution in [0.2, 0.25) is 0 Å². The largest absolute Gasteiger partial charge is 0.393 e. The monoisotopic (exact) mass is 565 g/mol. The number of hydrogen-bond acceptors (Lipinski definition) is 4. The van der Waals surface area contributed by atoms with Gasteiger partial charge in [0.25, 0.3) is 0 Å². The fraction of sp³-hybridized carbons (Fsp3) is 0.696. The van der Waals surface area contributed by atoms with Crippen LogP contribution in [0.5, 0.6) is 0 Å². The first kappa shape index (κ1) is 27.2. The first-order valence-corrected chi connectivity index (χ1v) is 11.6. The van der Waals surface area contributed by atoms with Gasteiger partial charge in [-0.2, -0.15) is 0 Å². The van der Waals surface area contributed by atoms with Crippen LogP contribution in [0, 0.1) is 11.6 Å². The van der Waals surface area contributed by atoms with Crippen molar-refractivity contribution < 1.29 is 13.9 Å². The summed E-state index contributed by atoms with van der Waals surface area (Å²) in [6.07, 6.45) is 4.63. The Hall–Kier alpha value is -1.04. The topological polar surface area (TPSA) is 63.1 Å². The number of likely N-dealkylation sites (tertiary alicyclic amines) is 2. The van der Waals surface area contributed by atoms with Crippen LogP contribution in [0.1, 0.15) is 44.6 Å². The number of aliphatic hydroxyl groups excluding tert-OH is 1. The maximum atomic E-state index is 13.4. The number of nitrogens with one attached hydrogen (secondary N) is 2. The van der Waals surface area contributed by atoms with E-state index < -0.39 is 11.6 Å². The molecule has 0 atom stereocenters. The Kier molecular flexibility index (Phi) is 12.1. The van der Waals surface area contributed by atoms with Crippen molar-refractivity contribution in [1.29, 1.82) is 0 Å². The summed E-state index contributed by atoms with van der Waals surface area (Å²) in [6, 6.07) is 4.52. The van der Waals surface area contributed by atoms with E-state index in [1.807, 2.05) is 0 Å². The Morgan fingerprint density at radius 1 is 1.06 bits per heavy atom. The number of piperidine rings is 2. The lowest BCUT2D eigenvalue weighted by Gasteiger charge is -2.33. The zero-order valence-electron chi connectivity index (χ0n) is 19.0. The van der Waals surface area contributed by atoms with E-state index >= 15 is 0 Å². The zero-order chi connectivity index (χ0) is 22.1. The molecule has 9 heteroatoms. The fourth-order valence-electron chi connectivity index (χ4n) is 4.27. The van der Waals surface area contributed by atoms with Crippen LogP contribution < -0.4 is 10.6 Å². The van der Waals surface area contributed by atoms with Gasteiger partial charge in [0.15, 0.2) is 17.6 Å². The van der Waals surface area contributed by atoms with Gasteiger partial charge in [-0.25, -0.2) is 8.78 Å². The molecule has 0 saturated carbocycles. The second-order valence-electron chi connectivity index (χ2n) is 8.63. The first-order chi connectivity index (χ1) is 15.0. The van der Waals surface area contributed by atoms with E-state index in [0.29, 0.717) is 12.6 Å².